The predicted octanol–water partition coefficient (Wildman–Crippen LogP) is 1.87. The van der Waals surface area contributed by atoms with Crippen LogP contribution in [0, 0.1) is 5.92 Å². The Morgan fingerprint density at radius 3 is 2.44 bits per heavy atom. The monoisotopic (exact) mass is 216 g/mol. The number of nitrogens with zero attached hydrogens (tertiary/aromatic N) is 1. The number of benzene rings is 1. The lowest BCUT2D eigenvalue weighted by Gasteiger charge is -2.33. The normalized spacial score (nSPS) is 21.1. The summed E-state index contributed by atoms with van der Waals surface area (Å²) in [6, 6.07) is 11.8. The van der Waals surface area contributed by atoms with E-state index >= 15 is 0 Å². The first-order chi connectivity index (χ1) is 7.92. The van der Waals surface area contributed by atoms with Gasteiger partial charge in [-0.15, -0.1) is 0 Å². The fourth-order valence-corrected chi connectivity index (χ4v) is 2.41. The number of rotatable bonds is 5. The van der Waals surface area contributed by atoms with E-state index in [-0.39, 0.29) is 0 Å². The quantitative estimate of drug-likeness (QED) is 0.808. The minimum absolute atomic E-state index is 0.876. The zero-order valence-electron chi connectivity index (χ0n) is 9.73. The summed E-state index contributed by atoms with van der Waals surface area (Å²) in [6.45, 7) is 4.87. The molecule has 0 spiro atoms. The summed E-state index contributed by atoms with van der Waals surface area (Å²) in [5, 5.41) is 3.36. The molecule has 0 bridgehead atoms. The molecule has 1 N–H and O–H groups in total. The highest BCUT2D eigenvalue weighted by Crippen LogP contribution is 2.29. The van der Waals surface area contributed by atoms with Crippen LogP contribution in [-0.4, -0.2) is 30.6 Å². The van der Waals surface area contributed by atoms with Gasteiger partial charge < -0.3 is 5.32 Å². The molecule has 2 aliphatic rings. The molecule has 1 aromatic carbocycles. The van der Waals surface area contributed by atoms with Crippen LogP contribution in [0.1, 0.15) is 18.4 Å². The van der Waals surface area contributed by atoms with Crippen LogP contribution < -0.4 is 5.32 Å². The largest absolute Gasteiger partial charge is 0.316 e. The van der Waals surface area contributed by atoms with Crippen LogP contribution >= 0.6 is 0 Å². The van der Waals surface area contributed by atoms with Crippen molar-refractivity contribution in [2.45, 2.75) is 25.4 Å². The van der Waals surface area contributed by atoms with Crippen molar-refractivity contribution in [3.8, 4) is 0 Å². The van der Waals surface area contributed by atoms with Gasteiger partial charge in [0.25, 0.3) is 0 Å². The van der Waals surface area contributed by atoms with Crippen molar-refractivity contribution in [3.63, 3.8) is 0 Å². The van der Waals surface area contributed by atoms with E-state index in [1.54, 1.807) is 0 Å². The summed E-state index contributed by atoms with van der Waals surface area (Å²) in [6.07, 6.45) is 2.82. The SMILES string of the molecule is c1ccc(CN(CC2CNC2)C2CC2)cc1. The summed E-state index contributed by atoms with van der Waals surface area (Å²) in [4.78, 5) is 2.68. The molecule has 0 amide bonds. The first-order valence-corrected chi connectivity index (χ1v) is 6.40. The first kappa shape index (κ1) is 10.3. The average Bonchev–Trinajstić information content (AvgIpc) is 3.07. The molecule has 2 fully saturated rings. The van der Waals surface area contributed by atoms with E-state index in [1.165, 1.54) is 38.0 Å². The summed E-state index contributed by atoms with van der Waals surface area (Å²) < 4.78 is 0. The molecule has 1 saturated heterocycles. The predicted molar refractivity (Wildman–Crippen MR) is 66.2 cm³/mol. The highest BCUT2D eigenvalue weighted by molar-refractivity contribution is 5.15. The molecule has 1 saturated carbocycles. The van der Waals surface area contributed by atoms with E-state index in [0.717, 1.165) is 18.5 Å². The second kappa shape index (κ2) is 4.56. The Labute approximate surface area is 97.6 Å². The number of hydrogen-bond acceptors (Lipinski definition) is 2. The Bertz CT molecular complexity index is 328. The van der Waals surface area contributed by atoms with Gasteiger partial charge in [0.05, 0.1) is 0 Å². The van der Waals surface area contributed by atoms with Crippen molar-refractivity contribution in [1.82, 2.24) is 10.2 Å². The van der Waals surface area contributed by atoms with Gasteiger partial charge in [-0.05, 0) is 24.3 Å². The molecule has 0 atom stereocenters. The molecule has 16 heavy (non-hydrogen) atoms. The Morgan fingerprint density at radius 2 is 1.88 bits per heavy atom. The van der Waals surface area contributed by atoms with Crippen molar-refractivity contribution in [1.29, 1.82) is 0 Å². The second-order valence-electron chi connectivity index (χ2n) is 5.17. The summed E-state index contributed by atoms with van der Waals surface area (Å²) in [5.41, 5.74) is 1.46. The van der Waals surface area contributed by atoms with Crippen molar-refractivity contribution in [2.24, 2.45) is 5.92 Å². The third-order valence-electron chi connectivity index (χ3n) is 3.65. The van der Waals surface area contributed by atoms with Crippen LogP contribution in [0.25, 0.3) is 0 Å². The highest BCUT2D eigenvalue weighted by atomic mass is 15.2. The molecule has 1 aliphatic heterocycles. The fourth-order valence-electron chi connectivity index (χ4n) is 2.41. The molecule has 1 heterocycles. The van der Waals surface area contributed by atoms with Gasteiger partial charge in [0.1, 0.15) is 0 Å². The molecule has 0 aromatic heterocycles. The lowest BCUT2D eigenvalue weighted by atomic mass is 10.0. The van der Waals surface area contributed by atoms with Crippen LogP contribution in [0.3, 0.4) is 0 Å². The maximum absolute atomic E-state index is 3.36. The molecular formula is C14H20N2. The number of hydrogen-bond donors (Lipinski definition) is 1. The Morgan fingerprint density at radius 1 is 1.12 bits per heavy atom. The standard InChI is InChI=1S/C14H20N2/c1-2-4-12(5-3-1)10-16(14-6-7-14)11-13-8-15-9-13/h1-5,13-15H,6-11H2. The summed E-state index contributed by atoms with van der Waals surface area (Å²) in [5.74, 6) is 0.893. The zero-order valence-corrected chi connectivity index (χ0v) is 9.73. The van der Waals surface area contributed by atoms with Crippen molar-refractivity contribution in [3.05, 3.63) is 35.9 Å². The third-order valence-corrected chi connectivity index (χ3v) is 3.65. The van der Waals surface area contributed by atoms with E-state index in [2.05, 4.69) is 40.5 Å². The molecule has 3 rings (SSSR count). The fraction of sp³-hybridized carbons (Fsp3) is 0.571. The van der Waals surface area contributed by atoms with E-state index in [9.17, 15) is 0 Å². The smallest absolute Gasteiger partial charge is 0.0236 e. The maximum atomic E-state index is 3.36. The Kier molecular flexibility index (Phi) is 2.94. The topological polar surface area (TPSA) is 15.3 Å². The van der Waals surface area contributed by atoms with E-state index in [4.69, 9.17) is 0 Å². The maximum Gasteiger partial charge on any atom is 0.0236 e. The summed E-state index contributed by atoms with van der Waals surface area (Å²) in [7, 11) is 0. The molecule has 1 aromatic rings. The van der Waals surface area contributed by atoms with Crippen LogP contribution in [0.15, 0.2) is 30.3 Å². The van der Waals surface area contributed by atoms with Crippen molar-refractivity contribution in [2.75, 3.05) is 19.6 Å². The molecule has 0 radical (unpaired) electrons. The minimum atomic E-state index is 0.876. The van der Waals surface area contributed by atoms with E-state index in [1.807, 2.05) is 0 Å². The van der Waals surface area contributed by atoms with Gasteiger partial charge in [0, 0.05) is 32.2 Å². The van der Waals surface area contributed by atoms with Gasteiger partial charge >= 0.3 is 0 Å². The van der Waals surface area contributed by atoms with Gasteiger partial charge in [-0.3, -0.25) is 4.90 Å². The van der Waals surface area contributed by atoms with Crippen molar-refractivity contribution >= 4 is 0 Å². The zero-order chi connectivity index (χ0) is 10.8. The molecule has 0 unspecified atom stereocenters. The first-order valence-electron chi connectivity index (χ1n) is 6.40. The van der Waals surface area contributed by atoms with Crippen molar-refractivity contribution < 1.29 is 0 Å². The van der Waals surface area contributed by atoms with Gasteiger partial charge in [0.15, 0.2) is 0 Å². The Hall–Kier alpha value is -0.860. The van der Waals surface area contributed by atoms with E-state index < -0.39 is 0 Å². The molecular weight excluding hydrogens is 196 g/mol. The van der Waals surface area contributed by atoms with Gasteiger partial charge in [0.2, 0.25) is 0 Å². The third kappa shape index (κ3) is 2.45. The lowest BCUT2D eigenvalue weighted by Crippen LogP contribution is -2.48. The van der Waals surface area contributed by atoms with Gasteiger partial charge in [-0.25, -0.2) is 0 Å². The summed E-state index contributed by atoms with van der Waals surface area (Å²) >= 11 is 0. The highest BCUT2D eigenvalue weighted by Gasteiger charge is 2.31. The average molecular weight is 216 g/mol. The molecule has 1 aliphatic carbocycles. The molecule has 2 heteroatoms. The minimum Gasteiger partial charge on any atom is -0.316 e. The van der Waals surface area contributed by atoms with Gasteiger partial charge in [-0.2, -0.15) is 0 Å². The second-order valence-corrected chi connectivity index (χ2v) is 5.17. The Balaban J connectivity index is 1.60. The van der Waals surface area contributed by atoms with Crippen LogP contribution in [0.5, 0.6) is 0 Å². The number of nitrogens with one attached hydrogen (secondary N) is 1. The van der Waals surface area contributed by atoms with Crippen LogP contribution in [0.4, 0.5) is 0 Å². The van der Waals surface area contributed by atoms with Crippen LogP contribution in [-0.2, 0) is 6.54 Å². The van der Waals surface area contributed by atoms with Crippen LogP contribution in [0.2, 0.25) is 0 Å². The molecule has 86 valence electrons. The van der Waals surface area contributed by atoms with Gasteiger partial charge in [-0.1, -0.05) is 30.3 Å². The lowest BCUT2D eigenvalue weighted by molar-refractivity contribution is 0.178. The van der Waals surface area contributed by atoms with E-state index in [0.29, 0.717) is 0 Å². The molecule has 2 nitrogen and oxygen atoms in total.